The number of hydrogen-bond donors (Lipinski definition) is 2. The Morgan fingerprint density at radius 1 is 1.10 bits per heavy atom. The molecule has 0 saturated carbocycles. The van der Waals surface area contributed by atoms with Crippen LogP contribution in [-0.4, -0.2) is 24.4 Å². The molecule has 0 unspecified atom stereocenters. The predicted octanol–water partition coefficient (Wildman–Crippen LogP) is 3.66. The van der Waals surface area contributed by atoms with Gasteiger partial charge in [0.1, 0.15) is 5.75 Å². The van der Waals surface area contributed by atoms with E-state index in [1.807, 2.05) is 48.7 Å². The molecule has 0 fully saturated rings. The second kappa shape index (κ2) is 7.28. The lowest BCUT2D eigenvalue weighted by Gasteiger charge is -2.13. The highest BCUT2D eigenvalue weighted by Crippen LogP contribution is 2.38. The molecule has 0 aromatic heterocycles. The molecule has 2 rings (SSSR count). The number of ether oxygens (including phenoxy) is 1. The lowest BCUT2D eigenvalue weighted by molar-refractivity contribution is 0.318. The number of benzene rings is 2. The van der Waals surface area contributed by atoms with Crippen molar-refractivity contribution in [2.45, 2.75) is 14.7 Å². The first kappa shape index (κ1) is 15.6. The Bertz CT molecular complexity index is 660. The van der Waals surface area contributed by atoms with Gasteiger partial charge < -0.3 is 15.7 Å². The fourth-order valence-corrected chi connectivity index (χ4v) is 3.69. The lowest BCUT2D eigenvalue weighted by atomic mass is 10.2. The van der Waals surface area contributed by atoms with Crippen LogP contribution >= 0.6 is 23.5 Å². The van der Waals surface area contributed by atoms with E-state index in [0.29, 0.717) is 0 Å². The Kier molecular flexibility index (Phi) is 5.41. The molecule has 6 heteroatoms. The zero-order chi connectivity index (χ0) is 15.2. The average molecular weight is 320 g/mol. The van der Waals surface area contributed by atoms with Gasteiger partial charge in [0, 0.05) is 15.4 Å². The fourth-order valence-electron chi connectivity index (χ4n) is 1.89. The molecular formula is C15H16N2O2S2. The van der Waals surface area contributed by atoms with Gasteiger partial charge in [-0.1, -0.05) is 35.1 Å². The van der Waals surface area contributed by atoms with E-state index in [1.54, 1.807) is 18.9 Å². The maximum absolute atomic E-state index is 9.02. The van der Waals surface area contributed by atoms with Crippen LogP contribution in [0.4, 0.5) is 0 Å². The topological polar surface area (TPSA) is 67.8 Å². The van der Waals surface area contributed by atoms with Crippen molar-refractivity contribution in [1.82, 2.24) is 0 Å². The first-order valence-electron chi connectivity index (χ1n) is 6.17. The van der Waals surface area contributed by atoms with E-state index in [-0.39, 0.29) is 5.84 Å². The van der Waals surface area contributed by atoms with Crippen molar-refractivity contribution < 1.29 is 9.94 Å². The van der Waals surface area contributed by atoms with Gasteiger partial charge in [-0.2, -0.15) is 0 Å². The van der Waals surface area contributed by atoms with Crippen LogP contribution in [0.2, 0.25) is 0 Å². The van der Waals surface area contributed by atoms with Crippen molar-refractivity contribution in [3.05, 3.63) is 48.0 Å². The van der Waals surface area contributed by atoms with E-state index in [1.165, 1.54) is 11.8 Å². The molecule has 0 bridgehead atoms. The second-order valence-electron chi connectivity index (χ2n) is 4.07. The molecule has 0 saturated heterocycles. The van der Waals surface area contributed by atoms with E-state index in [9.17, 15) is 0 Å². The number of nitrogens with two attached hydrogens (primary N) is 1. The third-order valence-corrected chi connectivity index (χ3v) is 4.76. The first-order chi connectivity index (χ1) is 10.2. The summed E-state index contributed by atoms with van der Waals surface area (Å²) in [4.78, 5) is 2.86. The number of oxime groups is 1. The summed E-state index contributed by atoms with van der Waals surface area (Å²) < 4.78 is 5.36. The molecule has 0 amide bonds. The molecule has 0 atom stereocenters. The summed E-state index contributed by atoms with van der Waals surface area (Å²) in [7, 11) is 1.64. The van der Waals surface area contributed by atoms with E-state index in [0.717, 1.165) is 26.0 Å². The van der Waals surface area contributed by atoms with Crippen molar-refractivity contribution in [3.8, 4) is 5.75 Å². The molecule has 0 spiro atoms. The number of methoxy groups -OCH3 is 1. The molecule has 0 aliphatic rings. The number of para-hydroxylation sites is 1. The minimum absolute atomic E-state index is 0.109. The maximum atomic E-state index is 9.02. The molecule has 0 heterocycles. The summed E-state index contributed by atoms with van der Waals surface area (Å²) in [6, 6.07) is 13.6. The van der Waals surface area contributed by atoms with Crippen LogP contribution in [0.15, 0.2) is 62.3 Å². The third kappa shape index (κ3) is 3.46. The van der Waals surface area contributed by atoms with Gasteiger partial charge in [-0.05, 0) is 30.5 Å². The molecule has 2 aromatic carbocycles. The molecule has 2 aromatic rings. The minimum Gasteiger partial charge on any atom is -0.496 e. The second-order valence-corrected chi connectivity index (χ2v) is 6.00. The van der Waals surface area contributed by atoms with Gasteiger partial charge in [0.2, 0.25) is 0 Å². The minimum atomic E-state index is 0.109. The molecule has 21 heavy (non-hydrogen) atoms. The number of nitrogens with zero attached hydrogens (tertiary/aromatic N) is 1. The first-order valence-corrected chi connectivity index (χ1v) is 8.21. The summed E-state index contributed by atoms with van der Waals surface area (Å²) >= 11 is 3.09. The van der Waals surface area contributed by atoms with E-state index >= 15 is 0 Å². The van der Waals surface area contributed by atoms with Crippen LogP contribution in [0.3, 0.4) is 0 Å². The zero-order valence-electron chi connectivity index (χ0n) is 11.7. The Balaban J connectivity index is 2.49. The van der Waals surface area contributed by atoms with Gasteiger partial charge in [-0.25, -0.2) is 0 Å². The predicted molar refractivity (Wildman–Crippen MR) is 87.9 cm³/mol. The Morgan fingerprint density at radius 3 is 2.43 bits per heavy atom. The number of rotatable bonds is 5. The van der Waals surface area contributed by atoms with Crippen molar-refractivity contribution in [1.29, 1.82) is 0 Å². The Hall–Kier alpha value is -1.79. The quantitative estimate of drug-likeness (QED) is 0.289. The molecule has 0 aliphatic heterocycles. The maximum Gasteiger partial charge on any atom is 0.172 e. The monoisotopic (exact) mass is 320 g/mol. The van der Waals surface area contributed by atoms with Gasteiger partial charge in [-0.15, -0.1) is 11.8 Å². The normalized spacial score (nSPS) is 11.4. The third-order valence-electron chi connectivity index (χ3n) is 2.86. The molecule has 4 nitrogen and oxygen atoms in total. The molecule has 3 N–H and O–H groups in total. The Morgan fingerprint density at radius 2 is 1.76 bits per heavy atom. The van der Waals surface area contributed by atoms with Gasteiger partial charge in [-0.3, -0.25) is 0 Å². The summed E-state index contributed by atoms with van der Waals surface area (Å²) in [5.74, 6) is 0.903. The molecule has 0 radical (unpaired) electrons. The van der Waals surface area contributed by atoms with Crippen molar-refractivity contribution in [2.24, 2.45) is 10.9 Å². The summed E-state index contributed by atoms with van der Waals surface area (Å²) in [5, 5.41) is 12.2. The smallest absolute Gasteiger partial charge is 0.172 e. The van der Waals surface area contributed by atoms with Crippen LogP contribution in [0.1, 0.15) is 5.56 Å². The van der Waals surface area contributed by atoms with Crippen LogP contribution in [0, 0.1) is 0 Å². The standard InChI is InChI=1S/C15H16N2O2S2/c1-19-10-6-3-4-7-11(10)21-13-9-5-8-12(20-2)14(13)15(16)17-18/h3-9,18H,1-2H3,(H2,16,17). The van der Waals surface area contributed by atoms with Gasteiger partial charge >= 0.3 is 0 Å². The number of hydrogen-bond acceptors (Lipinski definition) is 5. The summed E-state index contributed by atoms with van der Waals surface area (Å²) in [6.07, 6.45) is 1.96. The summed E-state index contributed by atoms with van der Waals surface area (Å²) in [6.45, 7) is 0. The zero-order valence-corrected chi connectivity index (χ0v) is 13.4. The SMILES string of the molecule is COc1ccccc1Sc1cccc(SC)c1/C(N)=N/O. The Labute approximate surface area is 132 Å². The highest BCUT2D eigenvalue weighted by atomic mass is 32.2. The molecule has 110 valence electrons. The van der Waals surface area contributed by atoms with Crippen LogP contribution in [0.25, 0.3) is 0 Å². The van der Waals surface area contributed by atoms with Crippen LogP contribution in [0.5, 0.6) is 5.75 Å². The van der Waals surface area contributed by atoms with E-state index < -0.39 is 0 Å². The van der Waals surface area contributed by atoms with Gasteiger partial charge in [0.15, 0.2) is 5.84 Å². The lowest BCUT2D eigenvalue weighted by Crippen LogP contribution is -2.15. The van der Waals surface area contributed by atoms with Crippen molar-refractivity contribution in [3.63, 3.8) is 0 Å². The fraction of sp³-hybridized carbons (Fsp3) is 0.133. The highest BCUT2D eigenvalue weighted by molar-refractivity contribution is 8.00. The van der Waals surface area contributed by atoms with Crippen LogP contribution in [-0.2, 0) is 0 Å². The molecular weight excluding hydrogens is 304 g/mol. The van der Waals surface area contributed by atoms with Crippen LogP contribution < -0.4 is 10.5 Å². The highest BCUT2D eigenvalue weighted by Gasteiger charge is 2.15. The largest absolute Gasteiger partial charge is 0.496 e. The number of thioether (sulfide) groups is 1. The average Bonchev–Trinajstić information content (AvgIpc) is 2.54. The van der Waals surface area contributed by atoms with Gasteiger partial charge in [0.25, 0.3) is 0 Å². The van der Waals surface area contributed by atoms with Gasteiger partial charge in [0.05, 0.1) is 12.0 Å². The molecule has 0 aliphatic carbocycles. The summed E-state index contributed by atoms with van der Waals surface area (Å²) in [5.41, 5.74) is 6.58. The van der Waals surface area contributed by atoms with E-state index in [4.69, 9.17) is 15.7 Å². The number of amidine groups is 1. The van der Waals surface area contributed by atoms with Crippen molar-refractivity contribution in [2.75, 3.05) is 13.4 Å². The van der Waals surface area contributed by atoms with E-state index in [2.05, 4.69) is 5.16 Å². The van der Waals surface area contributed by atoms with Crippen molar-refractivity contribution >= 4 is 29.4 Å².